The summed E-state index contributed by atoms with van der Waals surface area (Å²) in [5.74, 6) is 0.870. The quantitative estimate of drug-likeness (QED) is 0.364. The third kappa shape index (κ3) is 3.21. The number of nitrogens with zero attached hydrogens (tertiary/aromatic N) is 1. The fraction of sp³-hybridized carbons (Fsp3) is 0.150. The molecule has 4 rings (SSSR count). The van der Waals surface area contributed by atoms with E-state index in [4.69, 9.17) is 9.15 Å². The van der Waals surface area contributed by atoms with Crippen molar-refractivity contribution in [3.8, 4) is 5.75 Å². The molecule has 27 heavy (non-hydrogen) atoms. The molecule has 2 aromatic carbocycles. The number of nitro groups is 1. The molecular formula is C20H15NO5S. The van der Waals surface area contributed by atoms with Gasteiger partial charge in [-0.3, -0.25) is 14.9 Å². The van der Waals surface area contributed by atoms with Crippen LogP contribution >= 0.6 is 11.8 Å². The lowest BCUT2D eigenvalue weighted by atomic mass is 10.0. The van der Waals surface area contributed by atoms with Crippen LogP contribution in [0, 0.1) is 17.0 Å². The molecule has 136 valence electrons. The van der Waals surface area contributed by atoms with Gasteiger partial charge in [-0.05, 0) is 31.5 Å². The van der Waals surface area contributed by atoms with Gasteiger partial charge in [0.15, 0.2) is 5.09 Å². The van der Waals surface area contributed by atoms with E-state index in [1.807, 2.05) is 13.0 Å². The van der Waals surface area contributed by atoms with Crippen LogP contribution in [0.5, 0.6) is 5.75 Å². The maximum absolute atomic E-state index is 13.0. The van der Waals surface area contributed by atoms with Gasteiger partial charge in [0.1, 0.15) is 5.58 Å². The van der Waals surface area contributed by atoms with E-state index < -0.39 is 4.92 Å². The molecule has 0 N–H and O–H groups in total. The monoisotopic (exact) mass is 381 g/mol. The van der Waals surface area contributed by atoms with Crippen molar-refractivity contribution in [2.45, 2.75) is 18.4 Å². The first-order chi connectivity index (χ1) is 13.0. The molecule has 0 atom stereocenters. The standard InChI is InChI=1S/C20H15NO5S/c1-12-6-7-16-14(10-12)19(22)18-13(8-9-27-20(18)26-16)11-25-17-5-3-2-4-15(17)21(23)24/h2-7,10-11H,8-9H2,1H3/b13-11+. The van der Waals surface area contributed by atoms with Crippen molar-refractivity contribution in [3.05, 3.63) is 80.2 Å². The van der Waals surface area contributed by atoms with Gasteiger partial charge in [0, 0.05) is 17.4 Å². The first-order valence-corrected chi connectivity index (χ1v) is 9.33. The van der Waals surface area contributed by atoms with E-state index in [9.17, 15) is 14.9 Å². The van der Waals surface area contributed by atoms with E-state index in [0.29, 0.717) is 33.6 Å². The molecule has 2 heterocycles. The number of fused-ring (bicyclic) bond motifs is 2. The summed E-state index contributed by atoms with van der Waals surface area (Å²) in [5.41, 5.74) is 2.44. The van der Waals surface area contributed by atoms with Crippen molar-refractivity contribution in [2.75, 3.05) is 5.75 Å². The first-order valence-electron chi connectivity index (χ1n) is 8.34. The van der Waals surface area contributed by atoms with Crippen LogP contribution in [0.15, 0.2) is 63.0 Å². The van der Waals surface area contributed by atoms with Crippen LogP contribution in [-0.2, 0) is 0 Å². The topological polar surface area (TPSA) is 82.6 Å². The zero-order valence-electron chi connectivity index (χ0n) is 14.4. The van der Waals surface area contributed by atoms with Gasteiger partial charge in [0.05, 0.1) is 22.1 Å². The molecule has 3 aromatic rings. The van der Waals surface area contributed by atoms with Crippen molar-refractivity contribution >= 4 is 34.0 Å². The number of para-hydroxylation sites is 2. The number of allylic oxidation sites excluding steroid dienone is 1. The fourth-order valence-electron chi connectivity index (χ4n) is 3.01. The summed E-state index contributed by atoms with van der Waals surface area (Å²) in [7, 11) is 0. The first kappa shape index (κ1) is 17.4. The number of rotatable bonds is 3. The second kappa shape index (κ2) is 6.92. The summed E-state index contributed by atoms with van der Waals surface area (Å²) in [4.78, 5) is 23.7. The van der Waals surface area contributed by atoms with Crippen molar-refractivity contribution < 1.29 is 14.1 Å². The molecule has 0 saturated heterocycles. The largest absolute Gasteiger partial charge is 0.457 e. The van der Waals surface area contributed by atoms with E-state index >= 15 is 0 Å². The van der Waals surface area contributed by atoms with Crippen molar-refractivity contribution in [1.29, 1.82) is 0 Å². The highest BCUT2D eigenvalue weighted by atomic mass is 32.2. The lowest BCUT2D eigenvalue weighted by molar-refractivity contribution is -0.385. The van der Waals surface area contributed by atoms with Crippen LogP contribution in [-0.4, -0.2) is 10.7 Å². The summed E-state index contributed by atoms with van der Waals surface area (Å²) in [6.45, 7) is 1.92. The second-order valence-corrected chi connectivity index (χ2v) is 7.25. The number of aryl methyl sites for hydroxylation is 1. The van der Waals surface area contributed by atoms with Gasteiger partial charge in [-0.15, -0.1) is 0 Å². The normalized spacial score (nSPS) is 14.9. The molecule has 0 bridgehead atoms. The Bertz CT molecular complexity index is 1150. The average Bonchev–Trinajstić information content (AvgIpc) is 2.67. The molecular weight excluding hydrogens is 366 g/mol. The summed E-state index contributed by atoms with van der Waals surface area (Å²) >= 11 is 1.48. The molecule has 0 saturated carbocycles. The number of hydrogen-bond donors (Lipinski definition) is 0. The minimum absolute atomic E-state index is 0.112. The number of ether oxygens (including phenoxy) is 1. The fourth-order valence-corrected chi connectivity index (χ4v) is 4.03. The van der Waals surface area contributed by atoms with Gasteiger partial charge in [0.25, 0.3) is 0 Å². The maximum Gasteiger partial charge on any atom is 0.311 e. The molecule has 6 nitrogen and oxygen atoms in total. The lowest BCUT2D eigenvalue weighted by Gasteiger charge is -2.17. The predicted molar refractivity (Wildman–Crippen MR) is 104 cm³/mol. The smallest absolute Gasteiger partial charge is 0.311 e. The average molecular weight is 381 g/mol. The third-order valence-electron chi connectivity index (χ3n) is 4.33. The molecule has 0 radical (unpaired) electrons. The number of benzene rings is 2. The number of thioether (sulfide) groups is 1. The van der Waals surface area contributed by atoms with E-state index in [2.05, 4.69) is 0 Å². The Kier molecular flexibility index (Phi) is 4.45. The Morgan fingerprint density at radius 1 is 1.26 bits per heavy atom. The highest BCUT2D eigenvalue weighted by Crippen LogP contribution is 2.37. The SMILES string of the molecule is Cc1ccc2oc3c(c(=O)c2c1)/C(=C/Oc1ccccc1[N+](=O)[O-])CCS3. The molecule has 0 aliphatic carbocycles. The Hall–Kier alpha value is -3.06. The molecule has 1 aliphatic rings. The van der Waals surface area contributed by atoms with Crippen molar-refractivity contribution in [2.24, 2.45) is 0 Å². The predicted octanol–water partition coefficient (Wildman–Crippen LogP) is 4.93. The number of hydrogen-bond acceptors (Lipinski definition) is 6. The van der Waals surface area contributed by atoms with E-state index in [0.717, 1.165) is 11.3 Å². The summed E-state index contributed by atoms with van der Waals surface area (Å²) in [5, 5.41) is 12.2. The van der Waals surface area contributed by atoms with Gasteiger partial charge in [0.2, 0.25) is 11.2 Å². The molecule has 0 fully saturated rings. The van der Waals surface area contributed by atoms with Crippen molar-refractivity contribution in [1.82, 2.24) is 0 Å². The molecule has 0 spiro atoms. The Labute approximate surface area is 158 Å². The molecule has 1 aromatic heterocycles. The Morgan fingerprint density at radius 2 is 2.07 bits per heavy atom. The van der Waals surface area contributed by atoms with E-state index in [-0.39, 0.29) is 16.9 Å². The second-order valence-electron chi connectivity index (χ2n) is 6.18. The van der Waals surface area contributed by atoms with E-state index in [1.165, 1.54) is 30.2 Å². The highest BCUT2D eigenvalue weighted by molar-refractivity contribution is 7.99. The van der Waals surface area contributed by atoms with Crippen LogP contribution < -0.4 is 10.2 Å². The van der Waals surface area contributed by atoms with Crippen molar-refractivity contribution in [3.63, 3.8) is 0 Å². The minimum atomic E-state index is -0.497. The van der Waals surface area contributed by atoms with Crippen LogP contribution in [0.25, 0.3) is 16.5 Å². The maximum atomic E-state index is 13.0. The lowest BCUT2D eigenvalue weighted by Crippen LogP contribution is -2.14. The summed E-state index contributed by atoms with van der Waals surface area (Å²) in [6, 6.07) is 11.7. The Balaban J connectivity index is 1.81. The minimum Gasteiger partial charge on any atom is -0.457 e. The van der Waals surface area contributed by atoms with Gasteiger partial charge in [-0.1, -0.05) is 35.5 Å². The summed E-state index contributed by atoms with van der Waals surface area (Å²) < 4.78 is 11.5. The highest BCUT2D eigenvalue weighted by Gasteiger charge is 2.23. The van der Waals surface area contributed by atoms with Gasteiger partial charge >= 0.3 is 5.69 Å². The Morgan fingerprint density at radius 3 is 2.89 bits per heavy atom. The van der Waals surface area contributed by atoms with E-state index in [1.54, 1.807) is 24.3 Å². The van der Waals surface area contributed by atoms with Gasteiger partial charge < -0.3 is 9.15 Å². The zero-order valence-corrected chi connectivity index (χ0v) is 15.2. The number of nitro benzene ring substituents is 1. The van der Waals surface area contributed by atoms with Crippen LogP contribution in [0.2, 0.25) is 0 Å². The zero-order chi connectivity index (χ0) is 19.0. The molecule has 0 amide bonds. The van der Waals surface area contributed by atoms with Crippen LogP contribution in [0.3, 0.4) is 0 Å². The molecule has 7 heteroatoms. The van der Waals surface area contributed by atoms with Crippen LogP contribution in [0.4, 0.5) is 5.69 Å². The third-order valence-corrected chi connectivity index (χ3v) is 5.29. The van der Waals surface area contributed by atoms with Crippen LogP contribution in [0.1, 0.15) is 17.5 Å². The van der Waals surface area contributed by atoms with Gasteiger partial charge in [-0.2, -0.15) is 0 Å². The van der Waals surface area contributed by atoms with Gasteiger partial charge in [-0.25, -0.2) is 0 Å². The molecule has 1 aliphatic heterocycles. The summed E-state index contributed by atoms with van der Waals surface area (Å²) in [6.07, 6.45) is 2.04. The molecule has 0 unspecified atom stereocenters.